The lowest BCUT2D eigenvalue weighted by Crippen LogP contribution is -2.23. The summed E-state index contributed by atoms with van der Waals surface area (Å²) < 4.78 is 0.768. The van der Waals surface area contributed by atoms with Crippen LogP contribution in [0.1, 0.15) is 38.7 Å². The van der Waals surface area contributed by atoms with Crippen molar-refractivity contribution in [3.63, 3.8) is 0 Å². The van der Waals surface area contributed by atoms with Crippen LogP contribution in [0, 0.1) is 0 Å². The Bertz CT molecular complexity index is 717. The van der Waals surface area contributed by atoms with Gasteiger partial charge in [0.05, 0.1) is 5.25 Å². The monoisotopic (exact) mass is 376 g/mol. The van der Waals surface area contributed by atoms with Crippen molar-refractivity contribution < 1.29 is 4.79 Å². The summed E-state index contributed by atoms with van der Waals surface area (Å²) >= 11 is 2.85. The topological polar surface area (TPSA) is 66.9 Å². The lowest BCUT2D eigenvalue weighted by molar-refractivity contribution is -0.115. The fourth-order valence-electron chi connectivity index (χ4n) is 2.19. The van der Waals surface area contributed by atoms with E-state index in [1.165, 1.54) is 28.7 Å². The van der Waals surface area contributed by atoms with Crippen molar-refractivity contribution in [2.45, 2.75) is 42.7 Å². The fraction of sp³-hybridized carbons (Fsp3) is 0.389. The highest BCUT2D eigenvalue weighted by Crippen LogP contribution is 2.31. The van der Waals surface area contributed by atoms with Gasteiger partial charge in [0.2, 0.25) is 11.0 Å². The molecule has 1 heterocycles. The zero-order valence-electron chi connectivity index (χ0n) is 14.8. The van der Waals surface area contributed by atoms with Crippen LogP contribution in [0.15, 0.2) is 41.3 Å². The van der Waals surface area contributed by atoms with Crippen LogP contribution >= 0.6 is 23.1 Å². The van der Waals surface area contributed by atoms with Gasteiger partial charge in [-0.3, -0.25) is 4.79 Å². The Kier molecular flexibility index (Phi) is 7.46. The molecule has 134 valence electrons. The quantitative estimate of drug-likeness (QED) is 0.487. The van der Waals surface area contributed by atoms with E-state index in [-0.39, 0.29) is 11.2 Å². The van der Waals surface area contributed by atoms with E-state index in [4.69, 9.17) is 0 Å². The largest absolute Gasteiger partial charge is 0.357 e. The number of hydrogen-bond acceptors (Lipinski definition) is 6. The van der Waals surface area contributed by atoms with Crippen LogP contribution in [0.3, 0.4) is 0 Å². The van der Waals surface area contributed by atoms with E-state index in [2.05, 4.69) is 47.3 Å². The Balaban J connectivity index is 1.99. The molecular weight excluding hydrogens is 352 g/mol. The van der Waals surface area contributed by atoms with Gasteiger partial charge in [0.25, 0.3) is 0 Å². The molecular formula is C18H24N4OS2. The number of nitrogens with one attached hydrogen (secondary N) is 2. The number of hydrogen-bond donors (Lipinski definition) is 2. The molecule has 0 aliphatic heterocycles. The summed E-state index contributed by atoms with van der Waals surface area (Å²) in [7, 11) is 0. The molecule has 2 rings (SSSR count). The summed E-state index contributed by atoms with van der Waals surface area (Å²) in [6, 6.07) is 7.98. The summed E-state index contributed by atoms with van der Waals surface area (Å²) in [5, 5.41) is 14.8. The van der Waals surface area contributed by atoms with E-state index >= 15 is 0 Å². The number of para-hydroxylation sites is 1. The molecule has 1 aromatic heterocycles. The van der Waals surface area contributed by atoms with Crippen molar-refractivity contribution in [1.29, 1.82) is 0 Å². The summed E-state index contributed by atoms with van der Waals surface area (Å²) in [6.07, 6.45) is 2.79. The van der Waals surface area contributed by atoms with E-state index < -0.39 is 0 Å². The number of carbonyl (C=O) groups is 1. The zero-order valence-corrected chi connectivity index (χ0v) is 16.4. The number of aromatic nitrogens is 2. The van der Waals surface area contributed by atoms with Gasteiger partial charge in [-0.2, -0.15) is 0 Å². The van der Waals surface area contributed by atoms with Crippen molar-refractivity contribution in [2.24, 2.45) is 0 Å². The smallest absolute Gasteiger partial charge is 0.237 e. The minimum atomic E-state index is -0.259. The summed E-state index contributed by atoms with van der Waals surface area (Å²) in [5.41, 5.74) is 2.06. The van der Waals surface area contributed by atoms with E-state index in [0.717, 1.165) is 21.6 Å². The highest BCUT2D eigenvalue weighted by Gasteiger charge is 2.19. The molecule has 5 nitrogen and oxygen atoms in total. The SMILES string of the molecule is C=CCNc1nnc(S[C@@H](C)C(=O)Nc2ccccc2[C@H](C)CC)s1. The lowest BCUT2D eigenvalue weighted by atomic mass is 9.97. The molecule has 0 aliphatic rings. The van der Waals surface area contributed by atoms with Gasteiger partial charge in [0.15, 0.2) is 4.34 Å². The van der Waals surface area contributed by atoms with Crippen molar-refractivity contribution in [3.05, 3.63) is 42.5 Å². The molecule has 2 aromatic rings. The average Bonchev–Trinajstić information content (AvgIpc) is 3.07. The first-order valence-electron chi connectivity index (χ1n) is 8.29. The van der Waals surface area contributed by atoms with Crippen molar-refractivity contribution in [1.82, 2.24) is 10.2 Å². The Labute approximate surface area is 157 Å². The molecule has 0 unspecified atom stereocenters. The number of thioether (sulfide) groups is 1. The van der Waals surface area contributed by atoms with Crippen molar-refractivity contribution in [2.75, 3.05) is 17.2 Å². The minimum absolute atomic E-state index is 0.0310. The standard InChI is InChI=1S/C18H24N4OS2/c1-5-11-19-17-21-22-18(25-17)24-13(4)16(23)20-15-10-8-7-9-14(15)12(3)6-2/h5,7-10,12-13H,1,6,11H2,2-4H3,(H,19,21)(H,20,23)/t12-,13+/m1/s1. The molecule has 0 fully saturated rings. The maximum Gasteiger partial charge on any atom is 0.237 e. The fourth-order valence-corrected chi connectivity index (χ4v) is 4.09. The molecule has 7 heteroatoms. The van der Waals surface area contributed by atoms with Crippen LogP contribution in [-0.4, -0.2) is 27.9 Å². The highest BCUT2D eigenvalue weighted by atomic mass is 32.2. The van der Waals surface area contributed by atoms with Crippen LogP contribution in [0.5, 0.6) is 0 Å². The molecule has 0 saturated carbocycles. The Morgan fingerprint density at radius 2 is 2.12 bits per heavy atom. The third kappa shape index (κ3) is 5.57. The van der Waals surface area contributed by atoms with Gasteiger partial charge in [-0.25, -0.2) is 0 Å². The summed E-state index contributed by atoms with van der Waals surface area (Å²) in [6.45, 7) is 10.5. The maximum atomic E-state index is 12.6. The third-order valence-corrected chi connectivity index (χ3v) is 5.88. The molecule has 25 heavy (non-hydrogen) atoms. The molecule has 0 saturated heterocycles. The van der Waals surface area contributed by atoms with E-state index in [9.17, 15) is 4.79 Å². The molecule has 0 spiro atoms. The first-order valence-corrected chi connectivity index (χ1v) is 9.99. The van der Waals surface area contributed by atoms with E-state index in [1.54, 1.807) is 6.08 Å². The van der Waals surface area contributed by atoms with Crippen LogP contribution in [0.2, 0.25) is 0 Å². The van der Waals surface area contributed by atoms with E-state index in [0.29, 0.717) is 12.5 Å². The molecule has 0 radical (unpaired) electrons. The number of nitrogens with zero attached hydrogens (tertiary/aromatic N) is 2. The first kappa shape index (κ1) is 19.5. The van der Waals surface area contributed by atoms with Gasteiger partial charge in [-0.05, 0) is 30.9 Å². The number of rotatable bonds is 9. The maximum absolute atomic E-state index is 12.6. The zero-order chi connectivity index (χ0) is 18.2. The summed E-state index contributed by atoms with van der Waals surface area (Å²) in [5.74, 6) is 0.373. The second-order valence-corrected chi connectivity index (χ2v) is 8.25. The second-order valence-electron chi connectivity index (χ2n) is 5.69. The Morgan fingerprint density at radius 1 is 1.36 bits per heavy atom. The summed E-state index contributed by atoms with van der Waals surface area (Å²) in [4.78, 5) is 12.6. The molecule has 2 N–H and O–H groups in total. The van der Waals surface area contributed by atoms with Gasteiger partial charge in [0, 0.05) is 12.2 Å². The molecule has 0 bridgehead atoms. The third-order valence-electron chi connectivity index (χ3n) is 3.81. The predicted molar refractivity (Wildman–Crippen MR) is 108 cm³/mol. The number of anilines is 2. The lowest BCUT2D eigenvalue weighted by Gasteiger charge is -2.17. The molecule has 1 amide bonds. The first-order chi connectivity index (χ1) is 12.0. The molecule has 1 aromatic carbocycles. The minimum Gasteiger partial charge on any atom is -0.357 e. The van der Waals surface area contributed by atoms with Crippen LogP contribution in [0.25, 0.3) is 0 Å². The molecule has 2 atom stereocenters. The van der Waals surface area contributed by atoms with Crippen LogP contribution in [0.4, 0.5) is 10.8 Å². The van der Waals surface area contributed by atoms with Gasteiger partial charge in [-0.15, -0.1) is 16.8 Å². The van der Waals surface area contributed by atoms with Crippen molar-refractivity contribution >= 4 is 39.8 Å². The van der Waals surface area contributed by atoms with Crippen LogP contribution in [-0.2, 0) is 4.79 Å². The number of amides is 1. The van der Waals surface area contributed by atoms with Crippen LogP contribution < -0.4 is 10.6 Å². The van der Waals surface area contributed by atoms with Crippen molar-refractivity contribution in [3.8, 4) is 0 Å². The number of benzene rings is 1. The average molecular weight is 377 g/mol. The normalized spacial score (nSPS) is 13.1. The van der Waals surface area contributed by atoms with Gasteiger partial charge in [0.1, 0.15) is 0 Å². The second kappa shape index (κ2) is 9.58. The highest BCUT2D eigenvalue weighted by molar-refractivity contribution is 8.02. The van der Waals surface area contributed by atoms with Gasteiger partial charge in [-0.1, -0.05) is 61.2 Å². The Hall–Kier alpha value is -1.86. The number of carbonyl (C=O) groups excluding carboxylic acids is 1. The molecule has 0 aliphatic carbocycles. The Morgan fingerprint density at radius 3 is 2.84 bits per heavy atom. The van der Waals surface area contributed by atoms with E-state index in [1.807, 2.05) is 25.1 Å². The van der Waals surface area contributed by atoms with Gasteiger partial charge >= 0.3 is 0 Å². The predicted octanol–water partition coefficient (Wildman–Crippen LogP) is 4.77. The van der Waals surface area contributed by atoms with Gasteiger partial charge < -0.3 is 10.6 Å².